The number of halogens is 1. The number of nitrogens with zero attached hydrogens (tertiary/aromatic N) is 2. The molecule has 0 amide bonds. The largest absolute Gasteiger partial charge is 0.396 e. The van der Waals surface area contributed by atoms with E-state index in [1.54, 1.807) is 7.05 Å². The van der Waals surface area contributed by atoms with Crippen molar-refractivity contribution in [2.24, 2.45) is 0 Å². The number of anilines is 2. The van der Waals surface area contributed by atoms with E-state index in [0.29, 0.717) is 23.1 Å². The van der Waals surface area contributed by atoms with E-state index in [0.717, 1.165) is 6.42 Å². The third-order valence-corrected chi connectivity index (χ3v) is 2.65. The zero-order valence-corrected chi connectivity index (χ0v) is 10.3. The van der Waals surface area contributed by atoms with Crippen molar-refractivity contribution in [3.05, 3.63) is 11.5 Å². The highest BCUT2D eigenvalue weighted by atomic mass is 35.5. The molecule has 1 heterocycles. The predicted octanol–water partition coefficient (Wildman–Crippen LogP) is 1.74. The highest BCUT2D eigenvalue weighted by Crippen LogP contribution is 2.26. The number of nitrogens with one attached hydrogen (secondary N) is 2. The lowest BCUT2D eigenvalue weighted by atomic mass is 10.1. The van der Waals surface area contributed by atoms with Crippen LogP contribution in [0.5, 0.6) is 0 Å². The number of rotatable bonds is 6. The van der Waals surface area contributed by atoms with Gasteiger partial charge in [-0.2, -0.15) is 0 Å². The van der Waals surface area contributed by atoms with Crippen LogP contribution in [0.3, 0.4) is 0 Å². The van der Waals surface area contributed by atoms with Crippen molar-refractivity contribution in [3.8, 4) is 0 Å². The molecule has 1 aromatic rings. The summed E-state index contributed by atoms with van der Waals surface area (Å²) in [5, 5.41) is 15.5. The summed E-state index contributed by atoms with van der Waals surface area (Å²) in [5.74, 6) is 0.669. The molecule has 90 valence electrons. The summed E-state index contributed by atoms with van der Waals surface area (Å²) in [6.45, 7) is 2.20. The second-order valence-corrected chi connectivity index (χ2v) is 3.76. The zero-order valence-electron chi connectivity index (χ0n) is 9.50. The average Bonchev–Trinajstić information content (AvgIpc) is 2.28. The molecule has 16 heavy (non-hydrogen) atoms. The standard InChI is InChI=1S/C10H17ClN4O/c1-3-7(4-5-16)15-10-8(12-2)9(11)13-6-14-10/h6-7,12,16H,3-5H2,1-2H3,(H,13,14,15). The Morgan fingerprint density at radius 1 is 1.50 bits per heavy atom. The van der Waals surface area contributed by atoms with Gasteiger partial charge in [0.25, 0.3) is 0 Å². The molecule has 0 aliphatic heterocycles. The van der Waals surface area contributed by atoms with Gasteiger partial charge in [0, 0.05) is 19.7 Å². The Morgan fingerprint density at radius 3 is 2.81 bits per heavy atom. The summed E-state index contributed by atoms with van der Waals surface area (Å²) in [6.07, 6.45) is 3.00. The molecule has 0 fully saturated rings. The quantitative estimate of drug-likeness (QED) is 0.665. The van der Waals surface area contributed by atoms with E-state index in [1.165, 1.54) is 6.33 Å². The molecule has 0 aromatic carbocycles. The SMILES string of the molecule is CCC(CCO)Nc1ncnc(Cl)c1NC. The summed E-state index contributed by atoms with van der Waals surface area (Å²) in [7, 11) is 1.77. The van der Waals surface area contributed by atoms with Crippen molar-refractivity contribution in [3.63, 3.8) is 0 Å². The molecule has 6 heteroatoms. The summed E-state index contributed by atoms with van der Waals surface area (Å²) < 4.78 is 0. The Hall–Kier alpha value is -1.07. The first-order valence-electron chi connectivity index (χ1n) is 5.28. The third-order valence-electron chi connectivity index (χ3n) is 2.36. The molecule has 0 radical (unpaired) electrons. The molecular formula is C10H17ClN4O. The molecule has 1 atom stereocenters. The normalized spacial score (nSPS) is 12.2. The maximum atomic E-state index is 8.91. The molecule has 0 aliphatic rings. The summed E-state index contributed by atoms with van der Waals surface area (Å²) >= 11 is 5.93. The second kappa shape index (κ2) is 6.50. The van der Waals surface area contributed by atoms with Gasteiger partial charge in [-0.3, -0.25) is 0 Å². The van der Waals surface area contributed by atoms with Gasteiger partial charge in [0.2, 0.25) is 0 Å². The van der Waals surface area contributed by atoms with Crippen molar-refractivity contribution in [1.29, 1.82) is 0 Å². The molecule has 1 unspecified atom stereocenters. The maximum Gasteiger partial charge on any atom is 0.157 e. The molecule has 5 nitrogen and oxygen atoms in total. The Labute approximate surface area is 100 Å². The first-order valence-corrected chi connectivity index (χ1v) is 5.66. The fraction of sp³-hybridized carbons (Fsp3) is 0.600. The lowest BCUT2D eigenvalue weighted by Crippen LogP contribution is -2.21. The summed E-state index contributed by atoms with van der Waals surface area (Å²) in [5.41, 5.74) is 0.681. The van der Waals surface area contributed by atoms with Crippen molar-refractivity contribution >= 4 is 23.1 Å². The van der Waals surface area contributed by atoms with Gasteiger partial charge < -0.3 is 15.7 Å². The Bertz CT molecular complexity index is 335. The highest BCUT2D eigenvalue weighted by molar-refractivity contribution is 6.32. The number of aromatic nitrogens is 2. The van der Waals surface area contributed by atoms with Crippen molar-refractivity contribution in [2.45, 2.75) is 25.8 Å². The minimum atomic E-state index is 0.152. The van der Waals surface area contributed by atoms with Gasteiger partial charge in [-0.1, -0.05) is 18.5 Å². The average molecular weight is 245 g/mol. The van der Waals surface area contributed by atoms with Gasteiger partial charge in [-0.15, -0.1) is 0 Å². The van der Waals surface area contributed by atoms with Gasteiger partial charge in [0.05, 0.1) is 0 Å². The number of aliphatic hydroxyl groups is 1. The molecule has 0 aliphatic carbocycles. The second-order valence-electron chi connectivity index (χ2n) is 3.40. The van der Waals surface area contributed by atoms with E-state index in [1.807, 2.05) is 0 Å². The molecule has 0 saturated carbocycles. The first-order chi connectivity index (χ1) is 7.72. The molecular weight excluding hydrogens is 228 g/mol. The molecule has 3 N–H and O–H groups in total. The Morgan fingerprint density at radius 2 is 2.25 bits per heavy atom. The van der Waals surface area contributed by atoms with Crippen molar-refractivity contribution in [1.82, 2.24) is 9.97 Å². The smallest absolute Gasteiger partial charge is 0.157 e. The van der Waals surface area contributed by atoms with E-state index in [9.17, 15) is 0 Å². The monoisotopic (exact) mass is 244 g/mol. The van der Waals surface area contributed by atoms with Crippen LogP contribution in [0.2, 0.25) is 5.15 Å². The Kier molecular flexibility index (Phi) is 5.28. The van der Waals surface area contributed by atoms with Crippen LogP contribution in [-0.4, -0.2) is 34.8 Å². The van der Waals surface area contributed by atoms with E-state index >= 15 is 0 Å². The van der Waals surface area contributed by atoms with Gasteiger partial charge >= 0.3 is 0 Å². The first kappa shape index (κ1) is 13.0. The fourth-order valence-electron chi connectivity index (χ4n) is 1.42. The highest BCUT2D eigenvalue weighted by Gasteiger charge is 2.12. The van der Waals surface area contributed by atoms with E-state index in [4.69, 9.17) is 16.7 Å². The van der Waals surface area contributed by atoms with Gasteiger partial charge in [-0.05, 0) is 12.8 Å². The van der Waals surface area contributed by atoms with E-state index < -0.39 is 0 Å². The van der Waals surface area contributed by atoms with Crippen LogP contribution in [-0.2, 0) is 0 Å². The predicted molar refractivity (Wildman–Crippen MR) is 66.0 cm³/mol. The van der Waals surface area contributed by atoms with Crippen LogP contribution in [0.4, 0.5) is 11.5 Å². The Balaban J connectivity index is 2.82. The lowest BCUT2D eigenvalue weighted by Gasteiger charge is -2.18. The molecule has 0 bridgehead atoms. The molecule has 1 rings (SSSR count). The third kappa shape index (κ3) is 3.21. The van der Waals surface area contributed by atoms with Crippen molar-refractivity contribution in [2.75, 3.05) is 24.3 Å². The zero-order chi connectivity index (χ0) is 12.0. The van der Waals surface area contributed by atoms with Crippen LogP contribution in [0.1, 0.15) is 19.8 Å². The van der Waals surface area contributed by atoms with Crippen LogP contribution in [0.25, 0.3) is 0 Å². The van der Waals surface area contributed by atoms with Crippen molar-refractivity contribution < 1.29 is 5.11 Å². The molecule has 0 spiro atoms. The van der Waals surface area contributed by atoms with Gasteiger partial charge in [-0.25, -0.2) is 9.97 Å². The number of hydrogen-bond donors (Lipinski definition) is 3. The van der Waals surface area contributed by atoms with E-state index in [2.05, 4.69) is 27.5 Å². The van der Waals surface area contributed by atoms with Gasteiger partial charge in [0.1, 0.15) is 12.0 Å². The molecule has 1 aromatic heterocycles. The fourth-order valence-corrected chi connectivity index (χ4v) is 1.65. The van der Waals surface area contributed by atoms with E-state index in [-0.39, 0.29) is 12.6 Å². The van der Waals surface area contributed by atoms with Gasteiger partial charge in [0.15, 0.2) is 11.0 Å². The minimum absolute atomic E-state index is 0.152. The maximum absolute atomic E-state index is 8.91. The van der Waals surface area contributed by atoms with Crippen LogP contribution >= 0.6 is 11.6 Å². The number of aliphatic hydroxyl groups excluding tert-OH is 1. The molecule has 0 saturated heterocycles. The minimum Gasteiger partial charge on any atom is -0.396 e. The summed E-state index contributed by atoms with van der Waals surface area (Å²) in [6, 6.07) is 0.183. The lowest BCUT2D eigenvalue weighted by molar-refractivity contribution is 0.278. The number of hydrogen-bond acceptors (Lipinski definition) is 5. The van der Waals surface area contributed by atoms with Crippen LogP contribution in [0, 0.1) is 0 Å². The topological polar surface area (TPSA) is 70.1 Å². The van der Waals surface area contributed by atoms with Crippen LogP contribution < -0.4 is 10.6 Å². The summed E-state index contributed by atoms with van der Waals surface area (Å²) in [4.78, 5) is 8.02. The van der Waals surface area contributed by atoms with Crippen LogP contribution in [0.15, 0.2) is 6.33 Å².